The predicted molar refractivity (Wildman–Crippen MR) is 92.7 cm³/mol. The van der Waals surface area contributed by atoms with Gasteiger partial charge in [-0.3, -0.25) is 0 Å². The predicted octanol–water partition coefficient (Wildman–Crippen LogP) is 4.73. The number of nitrogens with zero attached hydrogens (tertiary/aromatic N) is 1. The topological polar surface area (TPSA) is 52.3 Å². The highest BCUT2D eigenvalue weighted by Gasteiger charge is 2.13. The summed E-state index contributed by atoms with van der Waals surface area (Å²) in [6.45, 7) is 0. The van der Waals surface area contributed by atoms with Gasteiger partial charge in [0.15, 0.2) is 0 Å². The van der Waals surface area contributed by atoms with E-state index < -0.39 is 5.63 Å². The van der Waals surface area contributed by atoms with Crippen molar-refractivity contribution in [3.05, 3.63) is 57.9 Å². The van der Waals surface area contributed by atoms with Gasteiger partial charge in [-0.2, -0.15) is 0 Å². The van der Waals surface area contributed by atoms with Gasteiger partial charge in [0, 0.05) is 16.5 Å². The molecule has 0 aliphatic heterocycles. The first kappa shape index (κ1) is 14.2. The molecule has 0 spiro atoms. The van der Waals surface area contributed by atoms with E-state index in [4.69, 9.17) is 20.8 Å². The van der Waals surface area contributed by atoms with E-state index in [1.54, 1.807) is 31.4 Å². The van der Waals surface area contributed by atoms with Crippen LogP contribution >= 0.6 is 22.9 Å². The van der Waals surface area contributed by atoms with Gasteiger partial charge >= 0.3 is 5.63 Å². The fourth-order valence-electron chi connectivity index (χ4n) is 2.38. The lowest BCUT2D eigenvalue weighted by molar-refractivity contribution is 0.414. The number of rotatable bonds is 2. The number of hydrogen-bond donors (Lipinski definition) is 0. The third-order valence-electron chi connectivity index (χ3n) is 3.52. The van der Waals surface area contributed by atoms with E-state index in [2.05, 4.69) is 4.98 Å². The number of halogens is 1. The van der Waals surface area contributed by atoms with Crippen LogP contribution in [0.4, 0.5) is 0 Å². The Balaban J connectivity index is 1.92. The molecule has 0 amide bonds. The Morgan fingerprint density at radius 3 is 2.87 bits per heavy atom. The van der Waals surface area contributed by atoms with E-state index in [0.29, 0.717) is 26.9 Å². The number of aromatic nitrogens is 1. The van der Waals surface area contributed by atoms with Gasteiger partial charge in [-0.05, 0) is 36.4 Å². The Morgan fingerprint density at radius 2 is 2.04 bits per heavy atom. The van der Waals surface area contributed by atoms with Gasteiger partial charge in [0.2, 0.25) is 0 Å². The van der Waals surface area contributed by atoms with E-state index in [1.165, 1.54) is 11.3 Å². The highest BCUT2D eigenvalue weighted by atomic mass is 35.5. The Morgan fingerprint density at radius 1 is 1.17 bits per heavy atom. The zero-order valence-corrected chi connectivity index (χ0v) is 13.6. The standard InChI is InChI=1S/C17H10ClNO3S/c1-21-11-4-2-9-6-12(17(20)22-14(9)8-11)16-19-13-7-10(18)3-5-15(13)23-16/h2-8H,1H3. The third-order valence-corrected chi connectivity index (χ3v) is 4.83. The first-order chi connectivity index (χ1) is 11.1. The van der Waals surface area contributed by atoms with Crippen molar-refractivity contribution in [1.82, 2.24) is 4.98 Å². The normalized spacial score (nSPS) is 11.2. The summed E-state index contributed by atoms with van der Waals surface area (Å²) >= 11 is 7.42. The zero-order valence-electron chi connectivity index (χ0n) is 12.0. The van der Waals surface area contributed by atoms with Crippen LogP contribution in [0, 0.1) is 0 Å². The van der Waals surface area contributed by atoms with Crippen molar-refractivity contribution in [2.45, 2.75) is 0 Å². The summed E-state index contributed by atoms with van der Waals surface area (Å²) in [4.78, 5) is 16.8. The minimum absolute atomic E-state index is 0.420. The molecule has 0 radical (unpaired) electrons. The zero-order chi connectivity index (χ0) is 16.0. The van der Waals surface area contributed by atoms with Gasteiger partial charge in [-0.25, -0.2) is 9.78 Å². The van der Waals surface area contributed by atoms with Crippen LogP contribution in [0.2, 0.25) is 5.02 Å². The van der Waals surface area contributed by atoms with Crippen molar-refractivity contribution >= 4 is 44.1 Å². The van der Waals surface area contributed by atoms with Crippen molar-refractivity contribution < 1.29 is 9.15 Å². The molecule has 0 unspecified atom stereocenters. The molecule has 0 saturated heterocycles. The second-order valence-electron chi connectivity index (χ2n) is 4.98. The van der Waals surface area contributed by atoms with Gasteiger partial charge in [0.1, 0.15) is 16.3 Å². The van der Waals surface area contributed by atoms with E-state index in [1.807, 2.05) is 18.2 Å². The fraction of sp³-hybridized carbons (Fsp3) is 0.0588. The average Bonchev–Trinajstić information content (AvgIpc) is 2.96. The molecule has 0 bridgehead atoms. The van der Waals surface area contributed by atoms with E-state index >= 15 is 0 Å². The Bertz CT molecular complexity index is 1100. The molecular formula is C17H10ClNO3S. The van der Waals surface area contributed by atoms with Gasteiger partial charge in [0.25, 0.3) is 0 Å². The molecule has 4 nitrogen and oxygen atoms in total. The molecule has 0 fully saturated rings. The molecule has 6 heteroatoms. The highest BCUT2D eigenvalue weighted by Crippen LogP contribution is 2.31. The third kappa shape index (κ3) is 2.48. The minimum atomic E-state index is -0.420. The molecule has 4 rings (SSSR count). The monoisotopic (exact) mass is 343 g/mol. The molecule has 2 aromatic heterocycles. The number of fused-ring (bicyclic) bond motifs is 2. The number of benzene rings is 2. The molecule has 114 valence electrons. The van der Waals surface area contributed by atoms with Crippen LogP contribution in [-0.4, -0.2) is 12.1 Å². The fourth-order valence-corrected chi connectivity index (χ4v) is 3.50. The Hall–Kier alpha value is -2.37. The van der Waals surface area contributed by atoms with Gasteiger partial charge in [-0.1, -0.05) is 11.6 Å². The molecule has 0 aliphatic rings. The molecule has 0 N–H and O–H groups in total. The lowest BCUT2D eigenvalue weighted by Crippen LogP contribution is -2.02. The SMILES string of the molecule is COc1ccc2cc(-c3nc4cc(Cl)ccc4s3)c(=O)oc2c1. The van der Waals surface area contributed by atoms with Crippen LogP contribution in [0.3, 0.4) is 0 Å². The summed E-state index contributed by atoms with van der Waals surface area (Å²) < 4.78 is 11.5. The van der Waals surface area contributed by atoms with E-state index in [9.17, 15) is 4.79 Å². The quantitative estimate of drug-likeness (QED) is 0.494. The highest BCUT2D eigenvalue weighted by molar-refractivity contribution is 7.21. The second-order valence-corrected chi connectivity index (χ2v) is 6.45. The van der Waals surface area contributed by atoms with Gasteiger partial charge in [0.05, 0.1) is 22.9 Å². The maximum Gasteiger partial charge on any atom is 0.346 e. The van der Waals surface area contributed by atoms with Gasteiger partial charge in [-0.15, -0.1) is 11.3 Å². The molecular weight excluding hydrogens is 334 g/mol. The number of hydrogen-bond acceptors (Lipinski definition) is 5. The molecule has 0 aliphatic carbocycles. The largest absolute Gasteiger partial charge is 0.497 e. The number of ether oxygens (including phenoxy) is 1. The van der Waals surface area contributed by atoms with Crippen molar-refractivity contribution in [2.75, 3.05) is 7.11 Å². The molecule has 0 atom stereocenters. The molecule has 2 heterocycles. The molecule has 4 aromatic rings. The smallest absolute Gasteiger partial charge is 0.346 e. The summed E-state index contributed by atoms with van der Waals surface area (Å²) in [5.74, 6) is 0.642. The Kier molecular flexibility index (Phi) is 3.32. The summed E-state index contributed by atoms with van der Waals surface area (Å²) in [5.41, 5.74) is 1.28. The van der Waals surface area contributed by atoms with Gasteiger partial charge < -0.3 is 9.15 Å². The van der Waals surface area contributed by atoms with Crippen molar-refractivity contribution in [1.29, 1.82) is 0 Å². The number of thiazole rings is 1. The second kappa shape index (κ2) is 5.37. The maximum absolute atomic E-state index is 12.3. The van der Waals surface area contributed by atoms with Crippen LogP contribution in [-0.2, 0) is 0 Å². The van der Waals surface area contributed by atoms with E-state index in [-0.39, 0.29) is 0 Å². The molecule has 0 saturated carbocycles. The summed E-state index contributed by atoms with van der Waals surface area (Å²) in [6, 6.07) is 12.6. The van der Waals surface area contributed by atoms with Crippen LogP contribution in [0.15, 0.2) is 51.7 Å². The van der Waals surface area contributed by atoms with E-state index in [0.717, 1.165) is 15.6 Å². The lowest BCUT2D eigenvalue weighted by atomic mass is 10.2. The maximum atomic E-state index is 12.3. The van der Waals surface area contributed by atoms with Crippen LogP contribution < -0.4 is 10.4 Å². The number of methoxy groups -OCH3 is 1. The minimum Gasteiger partial charge on any atom is -0.497 e. The summed E-state index contributed by atoms with van der Waals surface area (Å²) in [5, 5.41) is 2.05. The first-order valence-corrected chi connectivity index (χ1v) is 8.02. The van der Waals surface area contributed by atoms with Crippen molar-refractivity contribution in [3.63, 3.8) is 0 Å². The van der Waals surface area contributed by atoms with Crippen LogP contribution in [0.5, 0.6) is 5.75 Å². The van der Waals surface area contributed by atoms with Crippen molar-refractivity contribution in [2.24, 2.45) is 0 Å². The van der Waals surface area contributed by atoms with Crippen LogP contribution in [0.25, 0.3) is 31.8 Å². The van der Waals surface area contributed by atoms with Crippen LogP contribution in [0.1, 0.15) is 0 Å². The lowest BCUT2D eigenvalue weighted by Gasteiger charge is -2.02. The molecule has 2 aromatic carbocycles. The summed E-state index contributed by atoms with van der Waals surface area (Å²) in [7, 11) is 1.57. The first-order valence-electron chi connectivity index (χ1n) is 6.82. The Labute approximate surface area is 139 Å². The van der Waals surface area contributed by atoms with Crippen molar-refractivity contribution in [3.8, 4) is 16.3 Å². The average molecular weight is 344 g/mol. The molecule has 23 heavy (non-hydrogen) atoms. The summed E-state index contributed by atoms with van der Waals surface area (Å²) in [6.07, 6.45) is 0.